The molecule has 0 saturated carbocycles. The van der Waals surface area contributed by atoms with Crippen LogP contribution in [-0.4, -0.2) is 16.6 Å². The summed E-state index contributed by atoms with van der Waals surface area (Å²) in [4.78, 5) is 16.2. The molecule has 4 nitrogen and oxygen atoms in total. The highest BCUT2D eigenvalue weighted by Crippen LogP contribution is 2.09. The van der Waals surface area contributed by atoms with Gasteiger partial charge in [0.05, 0.1) is 12.1 Å². The van der Waals surface area contributed by atoms with Crippen LogP contribution >= 0.6 is 0 Å². The van der Waals surface area contributed by atoms with Crippen molar-refractivity contribution in [3.8, 4) is 0 Å². The first-order valence-electron chi connectivity index (χ1n) is 7.69. The number of hydrogen-bond acceptors (Lipinski definition) is 3. The fourth-order valence-electron chi connectivity index (χ4n) is 2.34. The molecule has 0 radical (unpaired) electrons. The van der Waals surface area contributed by atoms with E-state index in [1.54, 1.807) is 12.4 Å². The minimum Gasteiger partial charge on any atom is -0.273 e. The molecule has 1 amide bonds. The second kappa shape index (κ2) is 7.83. The van der Waals surface area contributed by atoms with Crippen LogP contribution in [0, 0.1) is 0 Å². The van der Waals surface area contributed by atoms with Gasteiger partial charge in [0.2, 0.25) is 5.91 Å². The number of pyridine rings is 1. The monoisotopic (exact) mass is 315 g/mol. The first-order valence-corrected chi connectivity index (χ1v) is 7.69. The second-order valence-electron chi connectivity index (χ2n) is 5.26. The molecule has 4 heteroatoms. The normalized spacial score (nSPS) is 11.1. The fourth-order valence-corrected chi connectivity index (χ4v) is 2.34. The first kappa shape index (κ1) is 15.6. The van der Waals surface area contributed by atoms with Gasteiger partial charge in [-0.2, -0.15) is 5.10 Å². The van der Waals surface area contributed by atoms with Crippen molar-refractivity contribution < 1.29 is 4.79 Å². The Balaban J connectivity index is 1.81. The van der Waals surface area contributed by atoms with E-state index in [9.17, 15) is 4.79 Å². The van der Waals surface area contributed by atoms with E-state index in [2.05, 4.69) is 15.5 Å². The topological polar surface area (TPSA) is 54.4 Å². The number of carbonyl (C=O) groups is 1. The quantitative estimate of drug-likeness (QED) is 0.581. The Labute approximate surface area is 140 Å². The van der Waals surface area contributed by atoms with Crippen molar-refractivity contribution >= 4 is 11.6 Å². The van der Waals surface area contributed by atoms with Gasteiger partial charge in [-0.1, -0.05) is 60.7 Å². The van der Waals surface area contributed by atoms with Crippen molar-refractivity contribution in [2.45, 2.75) is 6.42 Å². The lowest BCUT2D eigenvalue weighted by Crippen LogP contribution is -2.22. The molecule has 0 aliphatic rings. The number of aromatic nitrogens is 1. The predicted molar refractivity (Wildman–Crippen MR) is 94.6 cm³/mol. The Morgan fingerprint density at radius 2 is 1.42 bits per heavy atom. The molecule has 2 aromatic carbocycles. The molecule has 0 bridgehead atoms. The van der Waals surface area contributed by atoms with Crippen LogP contribution in [0.5, 0.6) is 0 Å². The summed E-state index contributed by atoms with van der Waals surface area (Å²) in [6, 6.07) is 23.1. The van der Waals surface area contributed by atoms with Crippen LogP contribution in [0.4, 0.5) is 0 Å². The van der Waals surface area contributed by atoms with Gasteiger partial charge in [-0.25, -0.2) is 5.43 Å². The van der Waals surface area contributed by atoms with E-state index < -0.39 is 0 Å². The lowest BCUT2D eigenvalue weighted by atomic mass is 10.0. The highest BCUT2D eigenvalue weighted by molar-refractivity contribution is 6.13. The van der Waals surface area contributed by atoms with Crippen molar-refractivity contribution in [2.24, 2.45) is 5.10 Å². The molecule has 0 fully saturated rings. The van der Waals surface area contributed by atoms with E-state index in [0.29, 0.717) is 12.1 Å². The summed E-state index contributed by atoms with van der Waals surface area (Å²) in [6.45, 7) is 0. The zero-order chi connectivity index (χ0) is 16.6. The van der Waals surface area contributed by atoms with Gasteiger partial charge in [0.15, 0.2) is 0 Å². The van der Waals surface area contributed by atoms with Crippen LogP contribution in [0.15, 0.2) is 90.3 Å². The molecule has 0 aliphatic heterocycles. The molecule has 3 aromatic rings. The number of hydrogen-bond donors (Lipinski definition) is 1. The summed E-state index contributed by atoms with van der Waals surface area (Å²) >= 11 is 0. The molecule has 0 unspecified atom stereocenters. The average Bonchev–Trinajstić information content (AvgIpc) is 2.64. The number of nitrogens with zero attached hydrogens (tertiary/aromatic N) is 2. The minimum absolute atomic E-state index is 0.149. The maximum Gasteiger partial charge on any atom is 0.244 e. The third kappa shape index (κ3) is 4.14. The molecule has 0 saturated heterocycles. The lowest BCUT2D eigenvalue weighted by Gasteiger charge is -2.08. The van der Waals surface area contributed by atoms with Crippen LogP contribution in [-0.2, 0) is 11.2 Å². The summed E-state index contributed by atoms with van der Waals surface area (Å²) in [6.07, 6.45) is 3.71. The summed E-state index contributed by atoms with van der Waals surface area (Å²) in [7, 11) is 0. The fraction of sp³-hybridized carbons (Fsp3) is 0.0500. The van der Waals surface area contributed by atoms with Crippen LogP contribution < -0.4 is 5.43 Å². The van der Waals surface area contributed by atoms with Crippen molar-refractivity contribution in [3.63, 3.8) is 0 Å². The standard InChI is InChI=1S/C20H17N3O/c24-19(15-16-7-3-1-4-8-16)22-23-20(17-9-5-2-6-10-17)18-11-13-21-14-12-18/h1-14H,15H2,(H,22,24). The van der Waals surface area contributed by atoms with Crippen LogP contribution in [0.2, 0.25) is 0 Å². The Bertz CT molecular complexity index is 774. The van der Waals surface area contributed by atoms with Gasteiger partial charge >= 0.3 is 0 Å². The molecule has 0 atom stereocenters. The smallest absolute Gasteiger partial charge is 0.244 e. The summed E-state index contributed by atoms with van der Waals surface area (Å²) in [5.41, 5.74) is 6.15. The zero-order valence-corrected chi connectivity index (χ0v) is 13.1. The highest BCUT2D eigenvalue weighted by atomic mass is 16.2. The highest BCUT2D eigenvalue weighted by Gasteiger charge is 2.08. The molecule has 0 spiro atoms. The van der Waals surface area contributed by atoms with E-state index in [0.717, 1.165) is 16.7 Å². The SMILES string of the molecule is O=C(Cc1ccccc1)NN=C(c1ccccc1)c1ccncc1. The van der Waals surface area contributed by atoms with E-state index in [1.165, 1.54) is 0 Å². The van der Waals surface area contributed by atoms with Gasteiger partial charge in [0.25, 0.3) is 0 Å². The van der Waals surface area contributed by atoms with Gasteiger partial charge in [0.1, 0.15) is 0 Å². The molecule has 0 aliphatic carbocycles. The number of rotatable bonds is 5. The molecule has 118 valence electrons. The van der Waals surface area contributed by atoms with Gasteiger partial charge in [-0.05, 0) is 17.7 Å². The number of amides is 1. The molecule has 24 heavy (non-hydrogen) atoms. The number of benzene rings is 2. The van der Waals surface area contributed by atoms with Crippen LogP contribution in [0.3, 0.4) is 0 Å². The Morgan fingerprint density at radius 3 is 2.08 bits per heavy atom. The third-order valence-corrected chi connectivity index (χ3v) is 3.50. The van der Waals surface area contributed by atoms with E-state index in [1.807, 2.05) is 72.8 Å². The van der Waals surface area contributed by atoms with Crippen LogP contribution in [0.25, 0.3) is 0 Å². The Hall–Kier alpha value is -3.27. The first-order chi connectivity index (χ1) is 11.8. The minimum atomic E-state index is -0.149. The van der Waals surface area contributed by atoms with E-state index in [4.69, 9.17) is 0 Å². The van der Waals surface area contributed by atoms with Gasteiger partial charge < -0.3 is 0 Å². The van der Waals surface area contributed by atoms with E-state index in [-0.39, 0.29) is 5.91 Å². The van der Waals surface area contributed by atoms with E-state index >= 15 is 0 Å². The van der Waals surface area contributed by atoms with Gasteiger partial charge in [0, 0.05) is 23.5 Å². The lowest BCUT2D eigenvalue weighted by molar-refractivity contribution is -0.120. The average molecular weight is 315 g/mol. The second-order valence-corrected chi connectivity index (χ2v) is 5.26. The number of carbonyl (C=O) groups excluding carboxylic acids is 1. The molecular formula is C20H17N3O. The molecular weight excluding hydrogens is 298 g/mol. The van der Waals surface area contributed by atoms with Gasteiger partial charge in [-0.15, -0.1) is 0 Å². The molecule has 1 N–H and O–H groups in total. The third-order valence-electron chi connectivity index (χ3n) is 3.50. The zero-order valence-electron chi connectivity index (χ0n) is 13.1. The maximum absolute atomic E-state index is 12.1. The Kier molecular flexibility index (Phi) is 5.10. The summed E-state index contributed by atoms with van der Waals surface area (Å²) < 4.78 is 0. The predicted octanol–water partition coefficient (Wildman–Crippen LogP) is 3.19. The van der Waals surface area contributed by atoms with Crippen molar-refractivity contribution in [3.05, 3.63) is 102 Å². The van der Waals surface area contributed by atoms with Crippen molar-refractivity contribution in [1.29, 1.82) is 0 Å². The van der Waals surface area contributed by atoms with Crippen LogP contribution in [0.1, 0.15) is 16.7 Å². The summed E-state index contributed by atoms with van der Waals surface area (Å²) in [5, 5.41) is 4.35. The summed E-state index contributed by atoms with van der Waals surface area (Å²) in [5.74, 6) is -0.149. The van der Waals surface area contributed by atoms with Crippen molar-refractivity contribution in [1.82, 2.24) is 10.4 Å². The number of hydrazone groups is 1. The maximum atomic E-state index is 12.1. The number of nitrogens with one attached hydrogen (secondary N) is 1. The molecule has 3 rings (SSSR count). The Morgan fingerprint density at radius 1 is 0.833 bits per heavy atom. The van der Waals surface area contributed by atoms with Gasteiger partial charge in [-0.3, -0.25) is 9.78 Å². The van der Waals surface area contributed by atoms with Crippen molar-refractivity contribution in [2.75, 3.05) is 0 Å². The molecule has 1 heterocycles. The molecule has 1 aromatic heterocycles. The largest absolute Gasteiger partial charge is 0.273 e.